The molecule has 30 heavy (non-hydrogen) atoms. The first kappa shape index (κ1) is 20.2. The second-order valence-electron chi connectivity index (χ2n) is 9.24. The SMILES string of the molecule is O=C(O)[C@H]1O[C@@H](Oc2ccc3c(c2)[C@@]24CCN[C@H](CC2)C[C@H]4CC3)[C@H](O)[C@@H](O)[C@@H]1O. The minimum Gasteiger partial charge on any atom is -0.479 e. The molecule has 8 heteroatoms. The largest absolute Gasteiger partial charge is 0.479 e. The van der Waals surface area contributed by atoms with Crippen LogP contribution in [0, 0.1) is 5.92 Å². The normalized spacial score (nSPS) is 42.7. The van der Waals surface area contributed by atoms with Gasteiger partial charge in [-0.05, 0) is 79.7 Å². The highest BCUT2D eigenvalue weighted by Gasteiger charge is 2.50. The van der Waals surface area contributed by atoms with Gasteiger partial charge in [-0.1, -0.05) is 6.07 Å². The zero-order valence-electron chi connectivity index (χ0n) is 16.7. The number of carboxylic acid groups (broad SMARTS) is 1. The number of aryl methyl sites for hydroxylation is 1. The molecule has 3 heterocycles. The van der Waals surface area contributed by atoms with Crippen LogP contribution < -0.4 is 10.1 Å². The highest BCUT2D eigenvalue weighted by atomic mass is 16.7. The maximum Gasteiger partial charge on any atom is 0.335 e. The summed E-state index contributed by atoms with van der Waals surface area (Å²) < 4.78 is 11.1. The van der Waals surface area contributed by atoms with Crippen LogP contribution >= 0.6 is 0 Å². The maximum atomic E-state index is 11.3. The lowest BCUT2D eigenvalue weighted by Gasteiger charge is -2.48. The standard InChI is InChI=1S/C22H29NO7/c24-16-17(25)19(20(27)28)30-21(18(16)26)29-14-4-2-11-1-3-12-9-13-5-6-22(12,7-8-23-13)15(11)10-14/h2,4,10,12-13,16-19,21,23-26H,1,3,5-9H2,(H,27,28)/t12-,13-,16+,17+,18-,19+,21-,22-/m1/s1. The van der Waals surface area contributed by atoms with Gasteiger partial charge >= 0.3 is 5.97 Å². The Kier molecular flexibility index (Phi) is 5.02. The fourth-order valence-electron chi connectivity index (χ4n) is 6.14. The number of carboxylic acids is 1. The molecule has 0 aromatic heterocycles. The van der Waals surface area contributed by atoms with E-state index in [1.165, 1.54) is 24.0 Å². The van der Waals surface area contributed by atoms with Gasteiger partial charge in [0.15, 0.2) is 6.10 Å². The van der Waals surface area contributed by atoms with Crippen LogP contribution in [-0.4, -0.2) is 69.7 Å². The summed E-state index contributed by atoms with van der Waals surface area (Å²) in [5.74, 6) is -0.310. The van der Waals surface area contributed by atoms with Crippen molar-refractivity contribution in [2.45, 2.75) is 80.7 Å². The van der Waals surface area contributed by atoms with Crippen LogP contribution in [0.5, 0.6) is 5.75 Å². The predicted octanol–water partition coefficient (Wildman–Crippen LogP) is 0.304. The van der Waals surface area contributed by atoms with Crippen LogP contribution in [-0.2, 0) is 21.4 Å². The zero-order chi connectivity index (χ0) is 21.0. The molecule has 1 spiro atoms. The van der Waals surface area contributed by atoms with Gasteiger partial charge in [-0.25, -0.2) is 4.79 Å². The second kappa shape index (κ2) is 7.46. The Hall–Kier alpha value is -1.71. The first-order valence-electron chi connectivity index (χ1n) is 10.8. The van der Waals surface area contributed by atoms with E-state index in [0.717, 1.165) is 32.2 Å². The second-order valence-corrected chi connectivity index (χ2v) is 9.24. The van der Waals surface area contributed by atoms with Crippen LogP contribution in [0.4, 0.5) is 0 Å². The number of aliphatic hydroxyl groups is 3. The molecule has 2 aliphatic carbocycles. The summed E-state index contributed by atoms with van der Waals surface area (Å²) in [7, 11) is 0. The number of hydrogen-bond acceptors (Lipinski definition) is 7. The molecule has 0 radical (unpaired) electrons. The van der Waals surface area contributed by atoms with E-state index in [4.69, 9.17) is 9.47 Å². The van der Waals surface area contributed by atoms with Crippen molar-refractivity contribution in [2.75, 3.05) is 6.54 Å². The van der Waals surface area contributed by atoms with E-state index in [-0.39, 0.29) is 5.41 Å². The molecule has 6 rings (SSSR count). The van der Waals surface area contributed by atoms with Crippen molar-refractivity contribution in [2.24, 2.45) is 5.92 Å². The number of hydrogen-bond donors (Lipinski definition) is 5. The van der Waals surface area contributed by atoms with Gasteiger partial charge in [-0.2, -0.15) is 0 Å². The van der Waals surface area contributed by atoms with Crippen molar-refractivity contribution in [3.8, 4) is 5.75 Å². The lowest BCUT2D eigenvalue weighted by atomic mass is 9.56. The Morgan fingerprint density at radius 1 is 1.13 bits per heavy atom. The third-order valence-corrected chi connectivity index (χ3v) is 7.74. The van der Waals surface area contributed by atoms with Crippen molar-refractivity contribution in [1.29, 1.82) is 0 Å². The van der Waals surface area contributed by atoms with E-state index in [1.54, 1.807) is 6.07 Å². The van der Waals surface area contributed by atoms with E-state index < -0.39 is 36.7 Å². The van der Waals surface area contributed by atoms with Crippen LogP contribution in [0.2, 0.25) is 0 Å². The Morgan fingerprint density at radius 3 is 2.77 bits per heavy atom. The Balaban J connectivity index is 1.43. The summed E-state index contributed by atoms with van der Waals surface area (Å²) in [6, 6.07) is 6.48. The predicted molar refractivity (Wildman–Crippen MR) is 105 cm³/mol. The zero-order valence-corrected chi connectivity index (χ0v) is 16.7. The Labute approximate surface area is 174 Å². The van der Waals surface area contributed by atoms with Gasteiger partial charge in [-0.3, -0.25) is 0 Å². The lowest BCUT2D eigenvalue weighted by molar-refractivity contribution is -0.271. The van der Waals surface area contributed by atoms with E-state index >= 15 is 0 Å². The van der Waals surface area contributed by atoms with Crippen molar-refractivity contribution < 1.29 is 34.7 Å². The van der Waals surface area contributed by atoms with E-state index in [2.05, 4.69) is 11.4 Å². The van der Waals surface area contributed by atoms with Gasteiger partial charge in [0, 0.05) is 6.04 Å². The summed E-state index contributed by atoms with van der Waals surface area (Å²) in [6.45, 7) is 1.00. The van der Waals surface area contributed by atoms with E-state index in [1.807, 2.05) is 6.07 Å². The first-order valence-corrected chi connectivity index (χ1v) is 10.8. The number of carbonyl (C=O) groups is 1. The quantitative estimate of drug-likeness (QED) is 0.473. The molecule has 164 valence electrons. The number of fused-ring (bicyclic) bond motifs is 4. The van der Waals surface area contributed by atoms with Crippen LogP contribution in [0.1, 0.15) is 43.2 Å². The van der Waals surface area contributed by atoms with Crippen molar-refractivity contribution in [3.63, 3.8) is 0 Å². The third-order valence-electron chi connectivity index (χ3n) is 7.74. The van der Waals surface area contributed by atoms with Gasteiger partial charge in [-0.15, -0.1) is 0 Å². The molecule has 1 aromatic carbocycles. The fraction of sp³-hybridized carbons (Fsp3) is 0.682. The first-order chi connectivity index (χ1) is 14.4. The summed E-state index contributed by atoms with van der Waals surface area (Å²) in [5, 5.41) is 43.1. The number of rotatable bonds is 3. The number of benzene rings is 1. The number of ether oxygens (including phenoxy) is 2. The summed E-state index contributed by atoms with van der Waals surface area (Å²) in [6.07, 6.45) is -1.21. The average molecular weight is 419 g/mol. The van der Waals surface area contributed by atoms with Gasteiger partial charge in [0.2, 0.25) is 6.29 Å². The molecule has 3 saturated heterocycles. The molecule has 3 aliphatic heterocycles. The molecule has 1 aromatic rings. The van der Waals surface area contributed by atoms with Crippen molar-refractivity contribution in [3.05, 3.63) is 29.3 Å². The van der Waals surface area contributed by atoms with Crippen LogP contribution in [0.3, 0.4) is 0 Å². The van der Waals surface area contributed by atoms with E-state index in [9.17, 15) is 25.2 Å². The van der Waals surface area contributed by atoms with Gasteiger partial charge in [0.1, 0.15) is 24.1 Å². The van der Waals surface area contributed by atoms with Crippen LogP contribution in [0.15, 0.2) is 18.2 Å². The van der Waals surface area contributed by atoms with Gasteiger partial charge in [0.25, 0.3) is 0 Å². The topological polar surface area (TPSA) is 128 Å². The maximum absolute atomic E-state index is 11.3. The molecule has 8 atom stereocenters. The molecule has 4 fully saturated rings. The van der Waals surface area contributed by atoms with Gasteiger partial charge < -0.3 is 35.2 Å². The number of aliphatic carboxylic acids is 1. The summed E-state index contributed by atoms with van der Waals surface area (Å²) in [4.78, 5) is 11.3. The average Bonchev–Trinajstić information content (AvgIpc) is 3.06. The molecule has 2 bridgehead atoms. The Morgan fingerprint density at radius 2 is 1.97 bits per heavy atom. The molecule has 8 nitrogen and oxygen atoms in total. The molecule has 0 unspecified atom stereocenters. The molecule has 0 amide bonds. The monoisotopic (exact) mass is 419 g/mol. The molecule has 1 saturated carbocycles. The lowest BCUT2D eigenvalue weighted by Crippen LogP contribution is -2.61. The fourth-order valence-corrected chi connectivity index (χ4v) is 6.14. The van der Waals surface area contributed by atoms with Crippen molar-refractivity contribution in [1.82, 2.24) is 5.32 Å². The smallest absolute Gasteiger partial charge is 0.335 e. The third kappa shape index (κ3) is 3.13. The highest BCUT2D eigenvalue weighted by molar-refractivity contribution is 5.73. The van der Waals surface area contributed by atoms with Crippen molar-refractivity contribution >= 4 is 5.97 Å². The van der Waals surface area contributed by atoms with Crippen LogP contribution in [0.25, 0.3) is 0 Å². The molecular formula is C22H29NO7. The number of aliphatic hydroxyl groups excluding tert-OH is 3. The molecule has 5 N–H and O–H groups in total. The van der Waals surface area contributed by atoms with Gasteiger partial charge in [0.05, 0.1) is 0 Å². The molecular weight excluding hydrogens is 390 g/mol. The minimum absolute atomic E-state index is 0.123. The number of nitrogens with one attached hydrogen (secondary N) is 1. The summed E-state index contributed by atoms with van der Waals surface area (Å²) >= 11 is 0. The van der Waals surface area contributed by atoms with E-state index in [0.29, 0.717) is 17.7 Å². The highest BCUT2D eigenvalue weighted by Crippen LogP contribution is 2.54. The molecule has 5 aliphatic rings. The Bertz CT molecular complexity index is 828. The minimum atomic E-state index is -1.73. The summed E-state index contributed by atoms with van der Waals surface area (Å²) in [5.41, 5.74) is 2.74.